The van der Waals surface area contributed by atoms with Crippen LogP contribution in [0.5, 0.6) is 5.75 Å². The molecule has 1 N–H and O–H groups in total. The van der Waals surface area contributed by atoms with Crippen LogP contribution in [0, 0.1) is 0 Å². The largest absolute Gasteiger partial charge is 0.508 e. The average Bonchev–Trinajstić information content (AvgIpc) is 3.21. The Morgan fingerprint density at radius 3 is 2.95 bits per heavy atom. The van der Waals surface area contributed by atoms with Crippen LogP contribution in [-0.2, 0) is 6.54 Å². The van der Waals surface area contributed by atoms with Crippen molar-refractivity contribution in [3.8, 4) is 5.75 Å². The fourth-order valence-electron chi connectivity index (χ4n) is 2.60. The number of phenolic OH excluding ortho intramolecular Hbond substituents is 1. The highest BCUT2D eigenvalue weighted by Crippen LogP contribution is 2.37. The van der Waals surface area contributed by atoms with Crippen molar-refractivity contribution in [2.24, 2.45) is 0 Å². The maximum Gasteiger partial charge on any atom is 0.150 e. The van der Waals surface area contributed by atoms with Crippen LogP contribution < -0.4 is 4.90 Å². The van der Waals surface area contributed by atoms with Crippen molar-refractivity contribution in [2.45, 2.75) is 25.4 Å². The van der Waals surface area contributed by atoms with Gasteiger partial charge in [-0.2, -0.15) is 0 Å². The summed E-state index contributed by atoms with van der Waals surface area (Å²) < 4.78 is 1.14. The molecule has 2 heterocycles. The molecule has 0 spiro atoms. The first-order valence-electron chi connectivity index (χ1n) is 7.04. The van der Waals surface area contributed by atoms with Crippen molar-refractivity contribution < 1.29 is 5.11 Å². The van der Waals surface area contributed by atoms with Gasteiger partial charge in [0, 0.05) is 12.6 Å². The third-order valence-electron chi connectivity index (χ3n) is 3.75. The molecular weight excluding hydrogens is 282 g/mol. The van der Waals surface area contributed by atoms with Gasteiger partial charge in [-0.25, -0.2) is 9.97 Å². The summed E-state index contributed by atoms with van der Waals surface area (Å²) in [6.07, 6.45) is 4.05. The number of fused-ring (bicyclic) bond motifs is 1. The normalized spacial score (nSPS) is 14.5. The number of phenols is 1. The van der Waals surface area contributed by atoms with Crippen LogP contribution in [0.1, 0.15) is 18.4 Å². The highest BCUT2D eigenvalue weighted by molar-refractivity contribution is 7.17. The zero-order chi connectivity index (χ0) is 14.2. The minimum absolute atomic E-state index is 0.312. The monoisotopic (exact) mass is 297 g/mol. The van der Waals surface area contributed by atoms with Gasteiger partial charge in [-0.15, -0.1) is 11.3 Å². The molecule has 21 heavy (non-hydrogen) atoms. The summed E-state index contributed by atoms with van der Waals surface area (Å²) in [4.78, 5) is 11.2. The number of aromatic hydroxyl groups is 1. The van der Waals surface area contributed by atoms with Crippen LogP contribution in [0.2, 0.25) is 0 Å². The third kappa shape index (κ3) is 2.45. The molecule has 106 valence electrons. The molecule has 0 bridgehead atoms. The highest BCUT2D eigenvalue weighted by Gasteiger charge is 2.31. The van der Waals surface area contributed by atoms with E-state index in [1.807, 2.05) is 24.3 Å². The maximum atomic E-state index is 9.65. The Labute approximate surface area is 126 Å². The van der Waals surface area contributed by atoms with Gasteiger partial charge in [0.1, 0.15) is 12.1 Å². The number of benzene rings is 1. The molecule has 0 radical (unpaired) electrons. The Morgan fingerprint density at radius 1 is 1.24 bits per heavy atom. The Morgan fingerprint density at radius 2 is 2.14 bits per heavy atom. The van der Waals surface area contributed by atoms with E-state index in [2.05, 4.69) is 20.2 Å². The first kappa shape index (κ1) is 12.6. The summed E-state index contributed by atoms with van der Waals surface area (Å²) in [5, 5.41) is 11.7. The van der Waals surface area contributed by atoms with Gasteiger partial charge in [-0.3, -0.25) is 0 Å². The second-order valence-corrected chi connectivity index (χ2v) is 6.28. The zero-order valence-corrected chi connectivity index (χ0v) is 12.3. The van der Waals surface area contributed by atoms with Crippen LogP contribution in [0.3, 0.4) is 0 Å². The Bertz CT molecular complexity index is 782. The molecule has 1 aliphatic rings. The highest BCUT2D eigenvalue weighted by atomic mass is 32.1. The maximum absolute atomic E-state index is 9.65. The third-order valence-corrected chi connectivity index (χ3v) is 4.65. The predicted octanol–water partition coefficient (Wildman–Crippen LogP) is 3.57. The molecule has 4 nitrogen and oxygen atoms in total. The SMILES string of the molecule is Oc1cccc(CN(c2ncnc3ccsc23)C2CC2)c1. The van der Waals surface area contributed by atoms with Gasteiger partial charge in [0.05, 0.1) is 10.2 Å². The number of aromatic nitrogens is 2. The van der Waals surface area contributed by atoms with Crippen molar-refractivity contribution >= 4 is 27.4 Å². The molecule has 0 saturated heterocycles. The van der Waals surface area contributed by atoms with E-state index in [4.69, 9.17) is 0 Å². The van der Waals surface area contributed by atoms with Gasteiger partial charge in [0.2, 0.25) is 0 Å². The predicted molar refractivity (Wildman–Crippen MR) is 84.7 cm³/mol. The quantitative estimate of drug-likeness (QED) is 0.800. The lowest BCUT2D eigenvalue weighted by Gasteiger charge is -2.24. The first-order valence-corrected chi connectivity index (χ1v) is 7.92. The summed E-state index contributed by atoms with van der Waals surface area (Å²) in [6, 6.07) is 10.0. The van der Waals surface area contributed by atoms with Gasteiger partial charge in [-0.1, -0.05) is 12.1 Å². The summed E-state index contributed by atoms with van der Waals surface area (Å²) in [5.41, 5.74) is 2.11. The van der Waals surface area contributed by atoms with Gasteiger partial charge >= 0.3 is 0 Å². The molecule has 0 atom stereocenters. The number of hydrogen-bond donors (Lipinski definition) is 1. The fourth-order valence-corrected chi connectivity index (χ4v) is 3.44. The molecule has 1 aromatic carbocycles. The van der Waals surface area contributed by atoms with E-state index >= 15 is 0 Å². The molecule has 0 aliphatic heterocycles. The second kappa shape index (κ2) is 5.00. The molecule has 0 amide bonds. The smallest absolute Gasteiger partial charge is 0.150 e. The number of anilines is 1. The first-order chi connectivity index (χ1) is 10.3. The average molecular weight is 297 g/mol. The number of rotatable bonds is 4. The Balaban J connectivity index is 1.73. The van der Waals surface area contributed by atoms with E-state index in [0.29, 0.717) is 11.8 Å². The molecule has 4 rings (SSSR count). The summed E-state index contributed by atoms with van der Waals surface area (Å²) in [7, 11) is 0. The van der Waals surface area contributed by atoms with Crippen molar-refractivity contribution in [3.05, 3.63) is 47.6 Å². The lowest BCUT2D eigenvalue weighted by Crippen LogP contribution is -2.26. The Kier molecular flexibility index (Phi) is 3.00. The van der Waals surface area contributed by atoms with E-state index in [-0.39, 0.29) is 0 Å². The van der Waals surface area contributed by atoms with Crippen LogP contribution in [0.25, 0.3) is 10.2 Å². The van der Waals surface area contributed by atoms with Crippen molar-refractivity contribution in [1.82, 2.24) is 9.97 Å². The molecule has 2 aromatic heterocycles. The lowest BCUT2D eigenvalue weighted by atomic mass is 10.2. The van der Waals surface area contributed by atoms with Crippen molar-refractivity contribution in [1.29, 1.82) is 0 Å². The molecular formula is C16H15N3OS. The molecule has 0 unspecified atom stereocenters. The second-order valence-electron chi connectivity index (χ2n) is 5.36. The van der Waals surface area contributed by atoms with Crippen LogP contribution in [0.15, 0.2) is 42.0 Å². The fraction of sp³-hybridized carbons (Fsp3) is 0.250. The summed E-state index contributed by atoms with van der Waals surface area (Å²) in [5.74, 6) is 1.33. The van der Waals surface area contributed by atoms with Gasteiger partial charge in [-0.05, 0) is 42.0 Å². The van der Waals surface area contributed by atoms with E-state index in [1.54, 1.807) is 23.7 Å². The van der Waals surface area contributed by atoms with Crippen LogP contribution >= 0.6 is 11.3 Å². The zero-order valence-electron chi connectivity index (χ0n) is 11.4. The van der Waals surface area contributed by atoms with Gasteiger partial charge < -0.3 is 10.0 Å². The van der Waals surface area contributed by atoms with Gasteiger partial charge in [0.15, 0.2) is 5.82 Å². The van der Waals surface area contributed by atoms with E-state index < -0.39 is 0 Å². The van der Waals surface area contributed by atoms with Gasteiger partial charge in [0.25, 0.3) is 0 Å². The van der Waals surface area contributed by atoms with Crippen molar-refractivity contribution in [2.75, 3.05) is 4.90 Å². The van der Waals surface area contributed by atoms with E-state index in [9.17, 15) is 5.11 Å². The topological polar surface area (TPSA) is 49.2 Å². The standard InChI is InChI=1S/C16H15N3OS/c20-13-3-1-2-11(8-13)9-19(12-4-5-12)16-15-14(6-7-21-15)17-10-18-16/h1-3,6-8,10,12,20H,4-5,9H2. The molecule has 1 fully saturated rings. The minimum atomic E-state index is 0.312. The summed E-state index contributed by atoms with van der Waals surface area (Å²) >= 11 is 1.69. The Hall–Kier alpha value is -2.14. The summed E-state index contributed by atoms with van der Waals surface area (Å²) in [6.45, 7) is 0.767. The van der Waals surface area contributed by atoms with E-state index in [1.165, 1.54) is 12.8 Å². The molecule has 1 saturated carbocycles. The van der Waals surface area contributed by atoms with Crippen molar-refractivity contribution in [3.63, 3.8) is 0 Å². The lowest BCUT2D eigenvalue weighted by molar-refractivity contribution is 0.474. The van der Waals surface area contributed by atoms with Crippen LogP contribution in [0.4, 0.5) is 5.82 Å². The number of nitrogens with zero attached hydrogens (tertiary/aromatic N) is 3. The molecule has 5 heteroatoms. The number of hydrogen-bond acceptors (Lipinski definition) is 5. The molecule has 3 aromatic rings. The van der Waals surface area contributed by atoms with Crippen LogP contribution in [-0.4, -0.2) is 21.1 Å². The number of thiophene rings is 1. The van der Waals surface area contributed by atoms with E-state index in [0.717, 1.165) is 28.1 Å². The molecule has 1 aliphatic carbocycles. The minimum Gasteiger partial charge on any atom is -0.508 e.